The van der Waals surface area contributed by atoms with Gasteiger partial charge in [0, 0.05) is 24.8 Å². The first-order valence-electron chi connectivity index (χ1n) is 5.28. The molecule has 15 heavy (non-hydrogen) atoms. The highest BCUT2D eigenvalue weighted by Crippen LogP contribution is 2.18. The van der Waals surface area contributed by atoms with Crippen molar-refractivity contribution in [3.63, 3.8) is 0 Å². The van der Waals surface area contributed by atoms with E-state index in [4.69, 9.17) is 4.74 Å². The molecule has 3 nitrogen and oxygen atoms in total. The van der Waals surface area contributed by atoms with E-state index >= 15 is 0 Å². The first-order valence-corrected chi connectivity index (χ1v) is 5.28. The third-order valence-electron chi connectivity index (χ3n) is 2.38. The Bertz CT molecular complexity index is 328. The molecule has 3 heteroatoms. The lowest BCUT2D eigenvalue weighted by atomic mass is 10.2. The number of rotatable bonds is 5. The van der Waals surface area contributed by atoms with Crippen molar-refractivity contribution in [2.75, 3.05) is 13.7 Å². The smallest absolute Gasteiger partial charge is 0.212 e. The molecule has 1 fully saturated rings. The maximum atomic E-state index is 4.99. The highest BCUT2D eigenvalue weighted by atomic mass is 16.5. The minimum absolute atomic E-state index is 0.656. The highest BCUT2D eigenvalue weighted by Gasteiger charge is 2.18. The third kappa shape index (κ3) is 3.36. The van der Waals surface area contributed by atoms with Gasteiger partial charge in [-0.3, -0.25) is 0 Å². The zero-order valence-electron chi connectivity index (χ0n) is 8.94. The number of ether oxygens (including phenoxy) is 1. The van der Waals surface area contributed by atoms with Crippen LogP contribution in [0.2, 0.25) is 0 Å². The maximum Gasteiger partial charge on any atom is 0.212 e. The highest BCUT2D eigenvalue weighted by molar-refractivity contribution is 5.48. The van der Waals surface area contributed by atoms with Crippen LogP contribution in [0.4, 0.5) is 0 Å². The van der Waals surface area contributed by atoms with E-state index < -0.39 is 0 Å². The van der Waals surface area contributed by atoms with E-state index in [1.54, 1.807) is 7.11 Å². The third-order valence-corrected chi connectivity index (χ3v) is 2.38. The summed E-state index contributed by atoms with van der Waals surface area (Å²) in [5, 5.41) is 3.42. The Morgan fingerprint density at radius 3 is 3.00 bits per heavy atom. The van der Waals surface area contributed by atoms with E-state index in [-0.39, 0.29) is 0 Å². The summed E-state index contributed by atoms with van der Waals surface area (Å²) in [6.45, 7) is 0.941. The van der Waals surface area contributed by atoms with Gasteiger partial charge < -0.3 is 10.1 Å². The number of methoxy groups -OCH3 is 1. The number of nitrogens with zero attached hydrogens (tertiary/aromatic N) is 1. The van der Waals surface area contributed by atoms with E-state index in [1.165, 1.54) is 12.8 Å². The molecule has 2 rings (SSSR count). The lowest BCUT2D eigenvalue weighted by Gasteiger charge is -1.98. The van der Waals surface area contributed by atoms with Crippen molar-refractivity contribution in [3.8, 4) is 5.88 Å². The van der Waals surface area contributed by atoms with Gasteiger partial charge in [0.05, 0.1) is 7.11 Å². The summed E-state index contributed by atoms with van der Waals surface area (Å²) < 4.78 is 4.99. The Labute approximate surface area is 90.2 Å². The standard InChI is InChI=1S/C12H16N2O/c1-15-12-7-4-10(9-14-12)3-2-8-13-11-5-6-11/h2-4,7,9,11,13H,5-6,8H2,1H3/b3-2+. The van der Waals surface area contributed by atoms with E-state index in [1.807, 2.05) is 18.3 Å². The van der Waals surface area contributed by atoms with Crippen LogP contribution in [0.1, 0.15) is 18.4 Å². The Morgan fingerprint density at radius 1 is 1.53 bits per heavy atom. The molecule has 0 amide bonds. The zero-order valence-corrected chi connectivity index (χ0v) is 8.94. The van der Waals surface area contributed by atoms with Gasteiger partial charge >= 0.3 is 0 Å². The molecular weight excluding hydrogens is 188 g/mol. The molecule has 1 aliphatic carbocycles. The van der Waals surface area contributed by atoms with Gasteiger partial charge in [0.1, 0.15) is 0 Å². The quantitative estimate of drug-likeness (QED) is 0.795. The molecule has 0 aromatic carbocycles. The summed E-state index contributed by atoms with van der Waals surface area (Å²) >= 11 is 0. The summed E-state index contributed by atoms with van der Waals surface area (Å²) in [6.07, 6.45) is 8.67. The lowest BCUT2D eigenvalue weighted by molar-refractivity contribution is 0.398. The fourth-order valence-electron chi connectivity index (χ4n) is 1.33. The summed E-state index contributed by atoms with van der Waals surface area (Å²) in [7, 11) is 1.62. The fourth-order valence-corrected chi connectivity index (χ4v) is 1.33. The molecule has 0 spiro atoms. The Kier molecular flexibility index (Phi) is 3.35. The van der Waals surface area contributed by atoms with Gasteiger partial charge in [-0.15, -0.1) is 0 Å². The minimum atomic E-state index is 0.656. The average molecular weight is 204 g/mol. The molecule has 0 radical (unpaired) electrons. The molecular formula is C12H16N2O. The van der Waals surface area contributed by atoms with Crippen molar-refractivity contribution in [2.24, 2.45) is 0 Å². The van der Waals surface area contributed by atoms with Crippen molar-refractivity contribution in [3.05, 3.63) is 30.0 Å². The zero-order chi connectivity index (χ0) is 10.5. The van der Waals surface area contributed by atoms with Crippen molar-refractivity contribution < 1.29 is 4.74 Å². The van der Waals surface area contributed by atoms with E-state index in [0.29, 0.717) is 5.88 Å². The van der Waals surface area contributed by atoms with Crippen LogP contribution in [0, 0.1) is 0 Å². The molecule has 0 atom stereocenters. The number of nitrogens with one attached hydrogen (secondary N) is 1. The normalized spacial score (nSPS) is 15.8. The Morgan fingerprint density at radius 2 is 2.40 bits per heavy atom. The SMILES string of the molecule is COc1ccc(/C=C/CNC2CC2)cn1. The molecule has 1 aliphatic rings. The number of aromatic nitrogens is 1. The van der Waals surface area contributed by atoms with Gasteiger partial charge in [0.2, 0.25) is 5.88 Å². The monoisotopic (exact) mass is 204 g/mol. The predicted molar refractivity (Wildman–Crippen MR) is 60.8 cm³/mol. The van der Waals surface area contributed by atoms with Gasteiger partial charge in [-0.2, -0.15) is 0 Å². The molecule has 1 aromatic rings. The van der Waals surface area contributed by atoms with Gasteiger partial charge in [-0.05, 0) is 24.5 Å². The summed E-state index contributed by atoms with van der Waals surface area (Å²) in [5.74, 6) is 0.656. The molecule has 1 heterocycles. The average Bonchev–Trinajstić information content (AvgIpc) is 3.09. The minimum Gasteiger partial charge on any atom is -0.481 e. The Balaban J connectivity index is 1.80. The number of hydrogen-bond acceptors (Lipinski definition) is 3. The van der Waals surface area contributed by atoms with Crippen LogP contribution in [0.25, 0.3) is 6.08 Å². The maximum absolute atomic E-state index is 4.99. The van der Waals surface area contributed by atoms with Crippen LogP contribution >= 0.6 is 0 Å². The first kappa shape index (κ1) is 10.2. The van der Waals surface area contributed by atoms with Crippen LogP contribution < -0.4 is 10.1 Å². The molecule has 0 aliphatic heterocycles. The number of hydrogen-bond donors (Lipinski definition) is 1. The van der Waals surface area contributed by atoms with Gasteiger partial charge in [0.15, 0.2) is 0 Å². The van der Waals surface area contributed by atoms with E-state index in [0.717, 1.165) is 18.2 Å². The van der Waals surface area contributed by atoms with Crippen LogP contribution in [0.15, 0.2) is 24.4 Å². The second kappa shape index (κ2) is 4.94. The summed E-state index contributed by atoms with van der Waals surface area (Å²) in [4.78, 5) is 4.13. The second-order valence-electron chi connectivity index (χ2n) is 3.72. The Hall–Kier alpha value is -1.35. The van der Waals surface area contributed by atoms with Crippen LogP contribution in [-0.2, 0) is 0 Å². The van der Waals surface area contributed by atoms with Crippen molar-refractivity contribution >= 4 is 6.08 Å². The van der Waals surface area contributed by atoms with Crippen LogP contribution in [0.3, 0.4) is 0 Å². The number of pyridine rings is 1. The van der Waals surface area contributed by atoms with Crippen molar-refractivity contribution in [1.82, 2.24) is 10.3 Å². The summed E-state index contributed by atoms with van der Waals surface area (Å²) in [5.41, 5.74) is 1.10. The van der Waals surface area contributed by atoms with Gasteiger partial charge in [0.25, 0.3) is 0 Å². The van der Waals surface area contributed by atoms with E-state index in [2.05, 4.69) is 22.5 Å². The van der Waals surface area contributed by atoms with Crippen molar-refractivity contribution in [2.45, 2.75) is 18.9 Å². The van der Waals surface area contributed by atoms with Gasteiger partial charge in [-0.1, -0.05) is 12.2 Å². The molecule has 0 unspecified atom stereocenters. The predicted octanol–water partition coefficient (Wildman–Crippen LogP) is 1.86. The molecule has 1 aromatic heterocycles. The van der Waals surface area contributed by atoms with E-state index in [9.17, 15) is 0 Å². The topological polar surface area (TPSA) is 34.1 Å². The fraction of sp³-hybridized carbons (Fsp3) is 0.417. The molecule has 1 N–H and O–H groups in total. The molecule has 80 valence electrons. The van der Waals surface area contributed by atoms with Crippen LogP contribution in [0.5, 0.6) is 5.88 Å². The molecule has 0 saturated heterocycles. The molecule has 1 saturated carbocycles. The van der Waals surface area contributed by atoms with Gasteiger partial charge in [-0.25, -0.2) is 4.98 Å². The molecule has 0 bridgehead atoms. The second-order valence-corrected chi connectivity index (χ2v) is 3.72. The largest absolute Gasteiger partial charge is 0.481 e. The lowest BCUT2D eigenvalue weighted by Crippen LogP contribution is -2.15. The first-order chi connectivity index (χ1) is 7.38. The van der Waals surface area contributed by atoms with Crippen LogP contribution in [-0.4, -0.2) is 24.7 Å². The van der Waals surface area contributed by atoms with Crippen molar-refractivity contribution in [1.29, 1.82) is 0 Å². The summed E-state index contributed by atoms with van der Waals surface area (Å²) in [6, 6.07) is 4.64.